The van der Waals surface area contributed by atoms with Gasteiger partial charge in [-0.2, -0.15) is 0 Å². The Kier molecular flexibility index (Phi) is 8.16. The van der Waals surface area contributed by atoms with Gasteiger partial charge in [0.05, 0.1) is 35.6 Å². The van der Waals surface area contributed by atoms with Crippen molar-refractivity contribution in [2.24, 2.45) is 0 Å². The minimum Gasteiger partial charge on any atom is -0.465 e. The van der Waals surface area contributed by atoms with Crippen LogP contribution in [0.3, 0.4) is 0 Å². The fourth-order valence-corrected chi connectivity index (χ4v) is 2.63. The van der Waals surface area contributed by atoms with Gasteiger partial charge in [-0.15, -0.1) is 0 Å². The van der Waals surface area contributed by atoms with Crippen LogP contribution in [0.25, 0.3) is 0 Å². The van der Waals surface area contributed by atoms with Gasteiger partial charge in [-0.25, -0.2) is 4.79 Å². The Morgan fingerprint density at radius 3 is 2.53 bits per heavy atom. The summed E-state index contributed by atoms with van der Waals surface area (Å²) in [5, 5.41) is 24.9. The lowest BCUT2D eigenvalue weighted by Crippen LogP contribution is -2.46. The molecule has 1 atom stereocenters. The highest BCUT2D eigenvalue weighted by atomic mass is 16.6. The Labute approximate surface area is 174 Å². The molecular formula is C20H26N2O8. The Morgan fingerprint density at radius 2 is 1.90 bits per heavy atom. The van der Waals surface area contributed by atoms with E-state index in [4.69, 9.17) is 14.2 Å². The number of carbonyl (C=O) groups excluding carboxylic acids is 2. The lowest BCUT2D eigenvalue weighted by Gasteiger charge is -2.36. The second kappa shape index (κ2) is 10.6. The van der Waals surface area contributed by atoms with Crippen LogP contribution < -0.4 is 10.1 Å². The largest absolute Gasteiger partial charge is 0.465 e. The quantitative estimate of drug-likeness (QED) is 0.191. The number of hydrogen-bond acceptors (Lipinski definition) is 9. The number of non-ortho nitro benzene ring substituents is 1. The molecule has 0 fully saturated rings. The summed E-state index contributed by atoms with van der Waals surface area (Å²) in [5.74, 6) is -3.79. The molecule has 2 rings (SSSR count). The van der Waals surface area contributed by atoms with Gasteiger partial charge in [-0.3, -0.25) is 14.9 Å². The zero-order valence-corrected chi connectivity index (χ0v) is 17.0. The molecule has 10 nitrogen and oxygen atoms in total. The molecule has 0 spiro atoms. The molecular weight excluding hydrogens is 396 g/mol. The van der Waals surface area contributed by atoms with Crippen LogP contribution in [0.5, 0.6) is 5.75 Å². The van der Waals surface area contributed by atoms with E-state index in [0.29, 0.717) is 12.8 Å². The summed E-state index contributed by atoms with van der Waals surface area (Å²) in [6.45, 7) is 4.27. The minimum absolute atomic E-state index is 0.0374. The van der Waals surface area contributed by atoms with Crippen molar-refractivity contribution < 1.29 is 33.8 Å². The average molecular weight is 422 g/mol. The number of rotatable bonds is 10. The Hall–Kier alpha value is -3.14. The lowest BCUT2D eigenvalue weighted by atomic mass is 10.0. The van der Waals surface area contributed by atoms with Crippen molar-refractivity contribution in [1.82, 2.24) is 0 Å². The number of fused-ring (bicyclic) bond motifs is 1. The van der Waals surface area contributed by atoms with E-state index in [1.54, 1.807) is 0 Å². The van der Waals surface area contributed by atoms with Gasteiger partial charge in [0, 0.05) is 12.1 Å². The standard InChI is InChI=1S/C20H26N2O8/c1-3-5-9-28-18(23)12-17-20(25,13-19(24)29-10-6-4-2)30-16-11-14(22(26)27)7-8-15(16)21-17/h7-8,11-12,21,25H,3-6,9-10,13H2,1-2H3/b17-12-. The minimum atomic E-state index is -2.28. The van der Waals surface area contributed by atoms with Crippen LogP contribution in [-0.2, 0) is 19.1 Å². The monoisotopic (exact) mass is 422 g/mol. The molecule has 1 aromatic carbocycles. The smallest absolute Gasteiger partial charge is 0.332 e. The molecule has 0 radical (unpaired) electrons. The van der Waals surface area contributed by atoms with E-state index in [1.165, 1.54) is 12.1 Å². The molecule has 0 aliphatic carbocycles. The Bertz CT molecular complexity index is 823. The van der Waals surface area contributed by atoms with Gasteiger partial charge >= 0.3 is 11.9 Å². The summed E-state index contributed by atoms with van der Waals surface area (Å²) >= 11 is 0. The van der Waals surface area contributed by atoms with E-state index in [9.17, 15) is 24.8 Å². The highest BCUT2D eigenvalue weighted by molar-refractivity contribution is 5.85. The first-order valence-corrected chi connectivity index (χ1v) is 9.80. The maximum Gasteiger partial charge on any atom is 0.332 e. The number of aliphatic hydroxyl groups is 1. The molecule has 1 aromatic rings. The molecule has 1 aliphatic rings. The predicted molar refractivity (Wildman–Crippen MR) is 107 cm³/mol. The van der Waals surface area contributed by atoms with Gasteiger partial charge in [-0.1, -0.05) is 26.7 Å². The molecule has 0 saturated heterocycles. The highest BCUT2D eigenvalue weighted by Gasteiger charge is 2.43. The summed E-state index contributed by atoms with van der Waals surface area (Å²) in [4.78, 5) is 34.7. The first kappa shape index (κ1) is 23.1. The molecule has 0 aromatic heterocycles. The van der Waals surface area contributed by atoms with E-state index in [-0.39, 0.29) is 36.0 Å². The van der Waals surface area contributed by atoms with Gasteiger partial charge in [0.25, 0.3) is 11.5 Å². The van der Waals surface area contributed by atoms with Crippen molar-refractivity contribution in [3.8, 4) is 5.75 Å². The number of hydrogen-bond donors (Lipinski definition) is 2. The van der Waals surface area contributed by atoms with Crippen molar-refractivity contribution >= 4 is 23.3 Å². The van der Waals surface area contributed by atoms with Crippen LogP contribution in [0, 0.1) is 10.1 Å². The maximum absolute atomic E-state index is 12.2. The Balaban J connectivity index is 2.29. The normalized spacial score (nSPS) is 18.7. The van der Waals surface area contributed by atoms with Crippen molar-refractivity contribution in [3.05, 3.63) is 40.1 Å². The molecule has 164 valence electrons. The summed E-state index contributed by atoms with van der Waals surface area (Å²) in [6, 6.07) is 3.74. The number of nitro groups is 1. The third-order valence-electron chi connectivity index (χ3n) is 4.29. The van der Waals surface area contributed by atoms with Crippen LogP contribution in [-0.4, -0.2) is 41.0 Å². The second-order valence-electron chi connectivity index (χ2n) is 6.78. The van der Waals surface area contributed by atoms with Crippen LogP contribution in [0.15, 0.2) is 30.0 Å². The number of nitro benzene ring substituents is 1. The van der Waals surface area contributed by atoms with Gasteiger partial charge in [0.2, 0.25) is 0 Å². The molecule has 0 bridgehead atoms. The van der Waals surface area contributed by atoms with E-state index in [1.807, 2.05) is 13.8 Å². The number of esters is 2. The summed E-state index contributed by atoms with van der Waals surface area (Å²) < 4.78 is 15.7. The lowest BCUT2D eigenvalue weighted by molar-refractivity contribution is -0.385. The second-order valence-corrected chi connectivity index (χ2v) is 6.78. The zero-order valence-electron chi connectivity index (χ0n) is 17.0. The number of anilines is 1. The van der Waals surface area contributed by atoms with Crippen LogP contribution in [0.2, 0.25) is 0 Å². The fourth-order valence-electron chi connectivity index (χ4n) is 2.63. The number of carbonyl (C=O) groups is 2. The van der Waals surface area contributed by atoms with Crippen molar-refractivity contribution in [1.29, 1.82) is 0 Å². The van der Waals surface area contributed by atoms with Crippen LogP contribution >= 0.6 is 0 Å². The van der Waals surface area contributed by atoms with E-state index >= 15 is 0 Å². The summed E-state index contributed by atoms with van der Waals surface area (Å²) in [7, 11) is 0. The molecule has 1 unspecified atom stereocenters. The number of nitrogens with zero attached hydrogens (tertiary/aromatic N) is 1. The summed E-state index contributed by atoms with van der Waals surface area (Å²) in [5.41, 5.74) is -0.0927. The molecule has 1 aliphatic heterocycles. The van der Waals surface area contributed by atoms with Gasteiger partial charge in [-0.05, 0) is 18.9 Å². The average Bonchev–Trinajstić information content (AvgIpc) is 2.68. The molecule has 1 heterocycles. The third kappa shape index (κ3) is 6.18. The van der Waals surface area contributed by atoms with Crippen molar-refractivity contribution in [2.75, 3.05) is 18.5 Å². The van der Waals surface area contributed by atoms with Crippen LogP contribution in [0.4, 0.5) is 11.4 Å². The first-order chi connectivity index (χ1) is 14.3. The number of ether oxygens (including phenoxy) is 3. The Morgan fingerprint density at radius 1 is 1.23 bits per heavy atom. The molecule has 30 heavy (non-hydrogen) atoms. The molecule has 10 heteroatoms. The van der Waals surface area contributed by atoms with Crippen molar-refractivity contribution in [2.45, 2.75) is 51.7 Å². The van der Waals surface area contributed by atoms with Crippen LogP contribution in [0.1, 0.15) is 46.0 Å². The van der Waals surface area contributed by atoms with Gasteiger partial charge < -0.3 is 24.6 Å². The summed E-state index contributed by atoms with van der Waals surface area (Å²) in [6.07, 6.45) is 3.37. The van der Waals surface area contributed by atoms with Gasteiger partial charge in [0.15, 0.2) is 5.75 Å². The third-order valence-corrected chi connectivity index (χ3v) is 4.29. The van der Waals surface area contributed by atoms with E-state index in [2.05, 4.69) is 5.32 Å². The first-order valence-electron chi connectivity index (χ1n) is 9.80. The topological polar surface area (TPSA) is 137 Å². The fraction of sp³-hybridized carbons (Fsp3) is 0.500. The number of nitrogens with one attached hydrogen (secondary N) is 1. The molecule has 2 N–H and O–H groups in total. The number of unbranched alkanes of at least 4 members (excludes halogenated alkanes) is 2. The predicted octanol–water partition coefficient (Wildman–Crippen LogP) is 3.05. The van der Waals surface area contributed by atoms with Gasteiger partial charge in [0.1, 0.15) is 6.42 Å². The number of benzene rings is 1. The molecule has 0 saturated carbocycles. The SMILES string of the molecule is CCCCOC(=O)/C=C1\Nc2ccc([N+](=O)[O-])cc2OC1(O)CC(=O)OCCCC. The van der Waals surface area contributed by atoms with E-state index < -0.39 is 29.1 Å². The zero-order chi connectivity index (χ0) is 22.1. The van der Waals surface area contributed by atoms with E-state index in [0.717, 1.165) is 25.0 Å². The highest BCUT2D eigenvalue weighted by Crippen LogP contribution is 2.40. The maximum atomic E-state index is 12.2. The van der Waals surface area contributed by atoms with Crippen molar-refractivity contribution in [3.63, 3.8) is 0 Å². The molecule has 0 amide bonds.